The summed E-state index contributed by atoms with van der Waals surface area (Å²) in [6.07, 6.45) is 1.15. The third kappa shape index (κ3) is 4.18. The van der Waals surface area contributed by atoms with Crippen LogP contribution in [-0.2, 0) is 9.22 Å². The van der Waals surface area contributed by atoms with Crippen molar-refractivity contribution in [2.75, 3.05) is 7.11 Å². The monoisotopic (exact) mass is 294 g/mol. The predicted octanol–water partition coefficient (Wildman–Crippen LogP) is 4.35. The van der Waals surface area contributed by atoms with E-state index in [0.717, 1.165) is 17.6 Å². The van der Waals surface area contributed by atoms with Gasteiger partial charge in [0, 0.05) is 6.42 Å². The summed E-state index contributed by atoms with van der Waals surface area (Å²) in [4.78, 5) is 11.0. The van der Waals surface area contributed by atoms with Gasteiger partial charge in [0.2, 0.25) is 0 Å². The number of hydrogen-bond acceptors (Lipinski definition) is 3. The second-order valence-electron chi connectivity index (χ2n) is 6.54. The zero-order valence-corrected chi connectivity index (χ0v) is 14.4. The van der Waals surface area contributed by atoms with Gasteiger partial charge in [-0.2, -0.15) is 0 Å². The van der Waals surface area contributed by atoms with Crippen molar-refractivity contribution in [3.8, 4) is 5.75 Å². The van der Waals surface area contributed by atoms with Crippen LogP contribution in [-0.4, -0.2) is 21.7 Å². The summed E-state index contributed by atoms with van der Waals surface area (Å²) in [5, 5.41) is 0.126. The van der Waals surface area contributed by atoms with E-state index in [4.69, 9.17) is 9.16 Å². The lowest BCUT2D eigenvalue weighted by atomic mass is 10.1. The Hall–Kier alpha value is -1.13. The number of benzene rings is 1. The molecule has 0 amide bonds. The number of rotatable bonds is 6. The van der Waals surface area contributed by atoms with Gasteiger partial charge in [0.05, 0.1) is 13.2 Å². The summed E-state index contributed by atoms with van der Waals surface area (Å²) < 4.78 is 11.5. The number of ether oxygens (including phenoxy) is 1. The maximum absolute atomic E-state index is 11.0. The van der Waals surface area contributed by atoms with Crippen molar-refractivity contribution in [1.82, 2.24) is 0 Å². The van der Waals surface area contributed by atoms with Gasteiger partial charge in [-0.1, -0.05) is 32.9 Å². The highest BCUT2D eigenvalue weighted by molar-refractivity contribution is 6.74. The topological polar surface area (TPSA) is 35.5 Å². The molecule has 0 aliphatic heterocycles. The highest BCUT2D eigenvalue weighted by atomic mass is 28.4. The largest absolute Gasteiger partial charge is 0.497 e. The normalized spacial score (nSPS) is 13.9. The molecule has 1 aromatic rings. The van der Waals surface area contributed by atoms with Crippen LogP contribution >= 0.6 is 0 Å². The molecule has 0 radical (unpaired) electrons. The van der Waals surface area contributed by atoms with E-state index in [2.05, 4.69) is 33.9 Å². The number of carbonyl (C=O) groups is 1. The third-order valence-corrected chi connectivity index (χ3v) is 8.53. The van der Waals surface area contributed by atoms with Crippen LogP contribution in [0.2, 0.25) is 18.1 Å². The summed E-state index contributed by atoms with van der Waals surface area (Å²) in [6.45, 7) is 11.0. The van der Waals surface area contributed by atoms with Crippen molar-refractivity contribution in [2.24, 2.45) is 0 Å². The molecule has 4 heteroatoms. The molecule has 0 heterocycles. The van der Waals surface area contributed by atoms with Gasteiger partial charge in [0.1, 0.15) is 12.0 Å². The lowest BCUT2D eigenvalue weighted by Gasteiger charge is -2.39. The average Bonchev–Trinajstić information content (AvgIpc) is 2.37. The predicted molar refractivity (Wildman–Crippen MR) is 84.7 cm³/mol. The zero-order valence-electron chi connectivity index (χ0n) is 13.4. The van der Waals surface area contributed by atoms with E-state index in [1.807, 2.05) is 24.3 Å². The van der Waals surface area contributed by atoms with Gasteiger partial charge in [0.25, 0.3) is 0 Å². The molecule has 0 unspecified atom stereocenters. The molecule has 0 N–H and O–H groups in total. The minimum Gasteiger partial charge on any atom is -0.497 e. The molecule has 0 saturated carbocycles. The number of hydrogen-bond donors (Lipinski definition) is 0. The van der Waals surface area contributed by atoms with Gasteiger partial charge in [-0.3, -0.25) is 0 Å². The van der Waals surface area contributed by atoms with Gasteiger partial charge in [-0.05, 0) is 35.8 Å². The van der Waals surface area contributed by atoms with Gasteiger partial charge in [-0.25, -0.2) is 0 Å². The molecule has 0 bridgehead atoms. The first-order valence-corrected chi connectivity index (χ1v) is 9.87. The van der Waals surface area contributed by atoms with E-state index in [-0.39, 0.29) is 11.1 Å². The number of methoxy groups -OCH3 is 1. The Labute approximate surface area is 123 Å². The Kier molecular flexibility index (Phi) is 5.54. The van der Waals surface area contributed by atoms with Crippen LogP contribution in [0.4, 0.5) is 0 Å². The SMILES string of the molecule is COc1ccc([C@H](CC=O)O[Si](C)(C)C(C)(C)C)cc1. The van der Waals surface area contributed by atoms with Crippen LogP contribution in [0, 0.1) is 0 Å². The summed E-state index contributed by atoms with van der Waals surface area (Å²) in [6, 6.07) is 7.75. The third-order valence-electron chi connectivity index (χ3n) is 4.04. The molecule has 0 fully saturated rings. The Morgan fingerprint density at radius 3 is 2.15 bits per heavy atom. The van der Waals surface area contributed by atoms with Crippen molar-refractivity contribution in [1.29, 1.82) is 0 Å². The summed E-state index contributed by atoms with van der Waals surface area (Å²) in [7, 11) is -0.257. The Morgan fingerprint density at radius 2 is 1.75 bits per heavy atom. The minimum atomic E-state index is -1.90. The second kappa shape index (κ2) is 6.55. The van der Waals surface area contributed by atoms with E-state index in [0.29, 0.717) is 6.42 Å². The highest BCUT2D eigenvalue weighted by Gasteiger charge is 2.39. The fraction of sp³-hybridized carbons (Fsp3) is 0.562. The standard InChI is InChI=1S/C16H26O3Si/c1-16(2,3)20(5,6)19-15(11-12-17)13-7-9-14(18-4)10-8-13/h7-10,12,15H,11H2,1-6H3/t15-/m0/s1. The molecule has 0 saturated heterocycles. The molecule has 20 heavy (non-hydrogen) atoms. The Bertz CT molecular complexity index is 432. The first-order chi connectivity index (χ1) is 9.21. The molecular weight excluding hydrogens is 268 g/mol. The quantitative estimate of drug-likeness (QED) is 0.578. The van der Waals surface area contributed by atoms with Crippen LogP contribution in [0.5, 0.6) is 5.75 Å². The summed E-state index contributed by atoms with van der Waals surface area (Å²) >= 11 is 0. The van der Waals surface area contributed by atoms with Crippen molar-refractivity contribution in [3.05, 3.63) is 29.8 Å². The van der Waals surface area contributed by atoms with E-state index >= 15 is 0 Å². The molecule has 0 aromatic heterocycles. The lowest BCUT2D eigenvalue weighted by molar-refractivity contribution is -0.109. The van der Waals surface area contributed by atoms with Crippen molar-refractivity contribution in [3.63, 3.8) is 0 Å². The molecule has 1 aromatic carbocycles. The van der Waals surface area contributed by atoms with Crippen LogP contribution < -0.4 is 4.74 Å². The fourth-order valence-corrected chi connectivity index (χ4v) is 2.99. The molecule has 0 spiro atoms. The summed E-state index contributed by atoms with van der Waals surface area (Å²) in [5.74, 6) is 0.811. The molecule has 3 nitrogen and oxygen atoms in total. The van der Waals surface area contributed by atoms with E-state index < -0.39 is 8.32 Å². The molecule has 112 valence electrons. The van der Waals surface area contributed by atoms with Crippen LogP contribution in [0.15, 0.2) is 24.3 Å². The molecule has 0 aliphatic rings. The van der Waals surface area contributed by atoms with E-state index in [9.17, 15) is 4.79 Å². The van der Waals surface area contributed by atoms with Crippen LogP contribution in [0.25, 0.3) is 0 Å². The fourth-order valence-electron chi connectivity index (χ4n) is 1.69. The first kappa shape index (κ1) is 16.9. The molecule has 1 atom stereocenters. The molecule has 0 aliphatic carbocycles. The van der Waals surface area contributed by atoms with Gasteiger partial charge in [0.15, 0.2) is 8.32 Å². The zero-order chi connectivity index (χ0) is 15.4. The van der Waals surface area contributed by atoms with Crippen molar-refractivity contribution < 1.29 is 14.0 Å². The van der Waals surface area contributed by atoms with Gasteiger partial charge < -0.3 is 14.0 Å². The summed E-state index contributed by atoms with van der Waals surface area (Å²) in [5.41, 5.74) is 1.03. The number of carbonyl (C=O) groups excluding carboxylic acids is 1. The Balaban J connectivity index is 2.96. The van der Waals surface area contributed by atoms with Crippen molar-refractivity contribution >= 4 is 14.6 Å². The first-order valence-electron chi connectivity index (χ1n) is 6.96. The minimum absolute atomic E-state index is 0.126. The van der Waals surface area contributed by atoms with E-state index in [1.165, 1.54) is 0 Å². The van der Waals surface area contributed by atoms with E-state index in [1.54, 1.807) is 7.11 Å². The van der Waals surface area contributed by atoms with Crippen LogP contribution in [0.1, 0.15) is 38.9 Å². The van der Waals surface area contributed by atoms with Gasteiger partial charge in [-0.15, -0.1) is 0 Å². The molecule has 1 rings (SSSR count). The second-order valence-corrected chi connectivity index (χ2v) is 11.3. The van der Waals surface area contributed by atoms with Crippen LogP contribution in [0.3, 0.4) is 0 Å². The number of aldehydes is 1. The lowest BCUT2D eigenvalue weighted by Crippen LogP contribution is -2.41. The highest BCUT2D eigenvalue weighted by Crippen LogP contribution is 2.40. The van der Waals surface area contributed by atoms with Crippen molar-refractivity contribution in [2.45, 2.75) is 51.4 Å². The maximum atomic E-state index is 11.0. The van der Waals surface area contributed by atoms with Gasteiger partial charge >= 0.3 is 0 Å². The smallest absolute Gasteiger partial charge is 0.192 e. The Morgan fingerprint density at radius 1 is 1.20 bits per heavy atom. The maximum Gasteiger partial charge on any atom is 0.192 e. The average molecular weight is 294 g/mol. The molecular formula is C16H26O3Si.